The number of aliphatic hydroxyl groups is 1. The normalized spacial score (nSPS) is 17.0. The zero-order chi connectivity index (χ0) is 37.0. The molecule has 0 spiro atoms. The molecule has 1 aromatic heterocycles. The summed E-state index contributed by atoms with van der Waals surface area (Å²) < 4.78 is 14.9. The number of unbranched alkanes of at least 4 members (excludes halogenated alkanes) is 2. The highest BCUT2D eigenvalue weighted by molar-refractivity contribution is 7.99. The Hall–Kier alpha value is -5.08. The number of phenols is 1. The van der Waals surface area contributed by atoms with Crippen molar-refractivity contribution in [3.05, 3.63) is 119 Å². The number of phenolic OH excluding ortho intramolecular Hbond substituents is 1. The number of aliphatic hydroxyl groups excluding tert-OH is 1. The number of nitrogens with zero attached hydrogens (tertiary/aromatic N) is 4. The molecule has 5 aromatic rings. The molecule has 0 aliphatic carbocycles. The van der Waals surface area contributed by atoms with E-state index < -0.39 is 6.29 Å². The minimum absolute atomic E-state index is 0.00801. The Morgan fingerprint density at radius 2 is 1.64 bits per heavy atom. The van der Waals surface area contributed by atoms with Crippen LogP contribution in [0.2, 0.25) is 0 Å². The summed E-state index contributed by atoms with van der Waals surface area (Å²) in [5.41, 5.74) is 6.44. The van der Waals surface area contributed by atoms with Crippen LogP contribution in [0.1, 0.15) is 73.7 Å². The van der Waals surface area contributed by atoms with Gasteiger partial charge >= 0.3 is 0 Å². The molecule has 276 valence electrons. The van der Waals surface area contributed by atoms with E-state index in [9.17, 15) is 19.8 Å². The van der Waals surface area contributed by atoms with Gasteiger partial charge in [0.15, 0.2) is 6.29 Å². The van der Waals surface area contributed by atoms with Crippen LogP contribution in [-0.4, -0.2) is 60.6 Å². The first-order valence-corrected chi connectivity index (χ1v) is 18.7. The van der Waals surface area contributed by atoms with Gasteiger partial charge in [-0.05, 0) is 87.5 Å². The number of tetrazole rings is 1. The molecule has 0 saturated carbocycles. The predicted molar refractivity (Wildman–Crippen MR) is 201 cm³/mol. The van der Waals surface area contributed by atoms with E-state index in [4.69, 9.17) is 9.47 Å². The van der Waals surface area contributed by atoms with Crippen molar-refractivity contribution in [2.24, 2.45) is 0 Å². The van der Waals surface area contributed by atoms with Gasteiger partial charge in [-0.2, -0.15) is 4.68 Å². The van der Waals surface area contributed by atoms with E-state index in [1.165, 1.54) is 18.7 Å². The third-order valence-corrected chi connectivity index (χ3v) is 9.96. The molecule has 2 heterocycles. The largest absolute Gasteiger partial charge is 0.508 e. The number of rotatable bonds is 16. The van der Waals surface area contributed by atoms with Gasteiger partial charge < -0.3 is 30.3 Å². The van der Waals surface area contributed by atoms with Crippen LogP contribution in [0.15, 0.2) is 102 Å². The Labute approximate surface area is 312 Å². The minimum atomic E-state index is -0.648. The summed E-state index contributed by atoms with van der Waals surface area (Å²) in [7, 11) is 0. The first kappa shape index (κ1) is 37.7. The lowest BCUT2D eigenvalue weighted by Crippen LogP contribution is -2.31. The number of hydrogen-bond acceptors (Lipinski definition) is 10. The van der Waals surface area contributed by atoms with Crippen molar-refractivity contribution < 1.29 is 29.3 Å². The molecular formula is C40H44N6O6S. The second-order valence-electron chi connectivity index (χ2n) is 12.9. The molecule has 1 saturated heterocycles. The van der Waals surface area contributed by atoms with Gasteiger partial charge in [-0.25, -0.2) is 0 Å². The molecule has 4 aromatic carbocycles. The Morgan fingerprint density at radius 1 is 0.868 bits per heavy atom. The van der Waals surface area contributed by atoms with E-state index in [1.54, 1.807) is 28.9 Å². The van der Waals surface area contributed by atoms with Crippen LogP contribution in [0.3, 0.4) is 0 Å². The number of amides is 2. The van der Waals surface area contributed by atoms with E-state index in [-0.39, 0.29) is 36.4 Å². The van der Waals surface area contributed by atoms with E-state index in [0.29, 0.717) is 36.8 Å². The van der Waals surface area contributed by atoms with Crippen LogP contribution in [-0.2, 0) is 32.2 Å². The zero-order valence-electron chi connectivity index (χ0n) is 29.6. The van der Waals surface area contributed by atoms with Crippen LogP contribution >= 0.6 is 11.8 Å². The summed E-state index contributed by atoms with van der Waals surface area (Å²) >= 11 is 1.48. The molecule has 1 aliphatic heterocycles. The van der Waals surface area contributed by atoms with Crippen molar-refractivity contribution in [1.82, 2.24) is 30.8 Å². The fourth-order valence-corrected chi connectivity index (χ4v) is 6.99. The first-order chi connectivity index (χ1) is 25.8. The van der Waals surface area contributed by atoms with Crippen LogP contribution in [0, 0.1) is 0 Å². The first-order valence-electron chi connectivity index (χ1n) is 17.8. The Morgan fingerprint density at radius 3 is 2.42 bits per heavy atom. The average molecular weight is 737 g/mol. The molecule has 2 amide bonds. The quantitative estimate of drug-likeness (QED) is 0.0681. The zero-order valence-corrected chi connectivity index (χ0v) is 30.4. The van der Waals surface area contributed by atoms with Crippen molar-refractivity contribution in [2.75, 3.05) is 12.3 Å². The maximum atomic E-state index is 12.5. The second kappa shape index (κ2) is 18.6. The van der Waals surface area contributed by atoms with Crippen molar-refractivity contribution in [2.45, 2.75) is 75.8 Å². The Kier molecular flexibility index (Phi) is 13.2. The third kappa shape index (κ3) is 10.7. The number of hydrogen-bond donors (Lipinski definition) is 4. The molecule has 4 N–H and O–H groups in total. The number of nitrogens with one attached hydrogen (secondary N) is 2. The molecule has 6 rings (SSSR count). The minimum Gasteiger partial charge on any atom is -0.508 e. The van der Waals surface area contributed by atoms with Crippen molar-refractivity contribution in [3.8, 4) is 22.6 Å². The van der Waals surface area contributed by atoms with E-state index in [0.717, 1.165) is 58.3 Å². The predicted octanol–water partition coefficient (Wildman–Crippen LogP) is 6.18. The number of benzene rings is 4. The fourth-order valence-electron chi connectivity index (χ4n) is 6.08. The molecule has 0 radical (unpaired) electrons. The molecule has 0 bridgehead atoms. The smallest absolute Gasteiger partial charge is 0.220 e. The number of carbonyl (C=O) groups excluding carboxylic acids is 2. The summed E-state index contributed by atoms with van der Waals surface area (Å²) in [5.74, 6) is 0.699. The highest BCUT2D eigenvalue weighted by Gasteiger charge is 2.33. The summed E-state index contributed by atoms with van der Waals surface area (Å²) in [6, 6.07) is 30.7. The van der Waals surface area contributed by atoms with Crippen LogP contribution in [0.4, 0.5) is 0 Å². The lowest BCUT2D eigenvalue weighted by molar-refractivity contribution is -0.245. The maximum absolute atomic E-state index is 12.5. The topological polar surface area (TPSA) is 161 Å². The van der Waals surface area contributed by atoms with Gasteiger partial charge in [0.1, 0.15) is 5.75 Å². The summed E-state index contributed by atoms with van der Waals surface area (Å²) in [6.07, 6.45) is 2.45. The lowest BCUT2D eigenvalue weighted by atomic mass is 9.99. The highest BCUT2D eigenvalue weighted by Crippen LogP contribution is 2.40. The summed E-state index contributed by atoms with van der Waals surface area (Å²) in [5, 5.41) is 38.0. The number of aromatic nitrogens is 4. The Balaban J connectivity index is 1.13. The summed E-state index contributed by atoms with van der Waals surface area (Å²) in [6.45, 7) is 2.53. The molecule has 12 nitrogen and oxygen atoms in total. The summed E-state index contributed by atoms with van der Waals surface area (Å²) in [4.78, 5) is 23.5. The van der Waals surface area contributed by atoms with E-state index in [2.05, 4.69) is 38.3 Å². The monoisotopic (exact) mass is 736 g/mol. The van der Waals surface area contributed by atoms with Gasteiger partial charge in [0, 0.05) is 44.2 Å². The van der Waals surface area contributed by atoms with Gasteiger partial charge in [-0.15, -0.1) is 5.10 Å². The number of carbonyl (C=O) groups is 2. The average Bonchev–Trinajstić information content (AvgIpc) is 3.66. The highest BCUT2D eigenvalue weighted by atomic mass is 32.2. The SMILES string of the molecule is CC(=O)NCCCCCC(=O)NCc1cccc(-c2cccc([C@@H]3O[C@H](CSc4nnnn4-c4ccc(O)cc4)C[C@H](c4ccc(CO)cc4)O3)c2)c1. The standard InChI is InChI=1S/C40H44N6O6S/c1-27(48)41-20-4-2-3-11-38(50)42-24-29-7-5-8-31(21-29)32-9-6-10-33(22-32)39-51-36(23-37(52-39)30-14-12-28(25-47)13-15-30)26-53-40-43-44-45-46(40)34-16-18-35(49)19-17-34/h5-10,12-19,21-22,36-37,39,47,49H,2-4,11,20,23-26H2,1H3,(H,41,48)(H,42,50)/t36-,37+,39+/m0/s1. The van der Waals surface area contributed by atoms with Gasteiger partial charge in [0.25, 0.3) is 0 Å². The molecule has 13 heteroatoms. The number of aromatic hydroxyl groups is 1. The maximum Gasteiger partial charge on any atom is 0.220 e. The number of ether oxygens (including phenoxy) is 2. The second-order valence-corrected chi connectivity index (χ2v) is 13.9. The van der Waals surface area contributed by atoms with E-state index in [1.807, 2.05) is 60.7 Å². The third-order valence-electron chi connectivity index (χ3n) is 8.91. The van der Waals surface area contributed by atoms with Crippen molar-refractivity contribution in [1.29, 1.82) is 0 Å². The molecule has 1 aliphatic rings. The van der Waals surface area contributed by atoms with Crippen LogP contribution in [0.5, 0.6) is 5.75 Å². The van der Waals surface area contributed by atoms with Gasteiger partial charge in [0.2, 0.25) is 17.0 Å². The Bertz CT molecular complexity index is 1950. The van der Waals surface area contributed by atoms with Crippen LogP contribution < -0.4 is 10.6 Å². The molecule has 53 heavy (non-hydrogen) atoms. The molecule has 1 fully saturated rings. The lowest BCUT2D eigenvalue weighted by Gasteiger charge is -2.36. The van der Waals surface area contributed by atoms with Gasteiger partial charge in [-0.3, -0.25) is 9.59 Å². The van der Waals surface area contributed by atoms with Gasteiger partial charge in [0.05, 0.1) is 24.5 Å². The molecular weight excluding hydrogens is 693 g/mol. The van der Waals surface area contributed by atoms with E-state index >= 15 is 0 Å². The van der Waals surface area contributed by atoms with Gasteiger partial charge in [-0.1, -0.05) is 78.8 Å². The molecule has 0 unspecified atom stereocenters. The van der Waals surface area contributed by atoms with Crippen molar-refractivity contribution >= 4 is 23.6 Å². The van der Waals surface area contributed by atoms with Crippen molar-refractivity contribution in [3.63, 3.8) is 0 Å². The molecule has 3 atom stereocenters. The fraction of sp³-hybridized carbons (Fsp3) is 0.325. The number of thioether (sulfide) groups is 1. The van der Waals surface area contributed by atoms with Crippen LogP contribution in [0.25, 0.3) is 16.8 Å².